The Morgan fingerprint density at radius 2 is 1.76 bits per heavy atom. The Morgan fingerprint density at radius 3 is 2.40 bits per heavy atom. The molecule has 1 unspecified atom stereocenters. The number of nitrogens with zero attached hydrogens (tertiary/aromatic N) is 4. The molecule has 2 fully saturated rings. The van der Waals surface area contributed by atoms with Crippen molar-refractivity contribution in [2.45, 2.75) is 53.4 Å². The molecule has 5 nitrogen and oxygen atoms in total. The highest BCUT2D eigenvalue weighted by Crippen LogP contribution is 2.33. The van der Waals surface area contributed by atoms with Gasteiger partial charge in [-0.3, -0.25) is 9.89 Å². The molecule has 0 spiro atoms. The lowest BCUT2D eigenvalue weighted by atomic mass is 9.78. The van der Waals surface area contributed by atoms with Crippen molar-refractivity contribution in [2.24, 2.45) is 10.4 Å². The van der Waals surface area contributed by atoms with Gasteiger partial charge in [-0.25, -0.2) is 0 Å². The first-order chi connectivity index (χ1) is 12.1. The summed E-state index contributed by atoms with van der Waals surface area (Å²) in [5.74, 6) is 1.14. The van der Waals surface area contributed by atoms with E-state index in [1.54, 1.807) is 0 Å². The van der Waals surface area contributed by atoms with Crippen molar-refractivity contribution >= 4 is 5.96 Å². The van der Waals surface area contributed by atoms with Crippen molar-refractivity contribution in [3.8, 4) is 0 Å². The number of hydrogen-bond acceptors (Lipinski definition) is 3. The van der Waals surface area contributed by atoms with E-state index in [1.165, 1.54) is 58.4 Å². The summed E-state index contributed by atoms with van der Waals surface area (Å²) in [6.07, 6.45) is 5.25. The van der Waals surface area contributed by atoms with Crippen LogP contribution in [-0.4, -0.2) is 86.1 Å². The van der Waals surface area contributed by atoms with Crippen molar-refractivity contribution in [1.82, 2.24) is 20.0 Å². The second-order valence-electron chi connectivity index (χ2n) is 8.10. The Labute approximate surface area is 155 Å². The second-order valence-corrected chi connectivity index (χ2v) is 8.10. The molecule has 2 aliphatic heterocycles. The number of likely N-dealkylation sites (tertiary alicyclic amines) is 1. The summed E-state index contributed by atoms with van der Waals surface area (Å²) >= 11 is 0. The zero-order valence-corrected chi connectivity index (χ0v) is 17.2. The number of nitrogens with one attached hydrogen (secondary N) is 1. The highest BCUT2D eigenvalue weighted by Gasteiger charge is 2.31. The number of aliphatic imine (C=N–C) groups is 1. The molecule has 1 atom stereocenters. The van der Waals surface area contributed by atoms with Gasteiger partial charge in [-0.2, -0.15) is 0 Å². The molecule has 0 bridgehead atoms. The van der Waals surface area contributed by atoms with Gasteiger partial charge in [0, 0.05) is 52.4 Å². The van der Waals surface area contributed by atoms with Crippen molar-refractivity contribution in [1.29, 1.82) is 0 Å². The van der Waals surface area contributed by atoms with Gasteiger partial charge in [0.15, 0.2) is 5.96 Å². The van der Waals surface area contributed by atoms with Gasteiger partial charge in [0.05, 0.1) is 6.54 Å². The van der Waals surface area contributed by atoms with E-state index >= 15 is 0 Å². The summed E-state index contributed by atoms with van der Waals surface area (Å²) < 4.78 is 0. The fraction of sp³-hybridized carbons (Fsp3) is 0.950. The number of piperidine rings is 1. The van der Waals surface area contributed by atoms with E-state index in [0.29, 0.717) is 5.41 Å². The molecule has 1 N–H and O–H groups in total. The van der Waals surface area contributed by atoms with Gasteiger partial charge < -0.3 is 15.1 Å². The van der Waals surface area contributed by atoms with Crippen LogP contribution in [-0.2, 0) is 0 Å². The molecule has 0 aromatic heterocycles. The average Bonchev–Trinajstić information content (AvgIpc) is 2.61. The smallest absolute Gasteiger partial charge is 0.193 e. The third-order valence-electron chi connectivity index (χ3n) is 5.86. The number of rotatable bonds is 7. The number of guanidine groups is 1. The molecule has 0 aliphatic carbocycles. The maximum atomic E-state index is 4.97. The van der Waals surface area contributed by atoms with E-state index in [1.807, 2.05) is 0 Å². The third-order valence-corrected chi connectivity index (χ3v) is 5.86. The number of hydrogen-bond donors (Lipinski definition) is 1. The molecule has 2 saturated heterocycles. The van der Waals surface area contributed by atoms with Crippen LogP contribution in [0.25, 0.3) is 0 Å². The normalized spacial score (nSPS) is 26.9. The van der Waals surface area contributed by atoms with Crippen molar-refractivity contribution in [3.63, 3.8) is 0 Å². The van der Waals surface area contributed by atoms with Crippen LogP contribution in [0.4, 0.5) is 0 Å². The predicted octanol–water partition coefficient (Wildman–Crippen LogP) is 2.49. The molecule has 0 aromatic rings. The molecule has 2 rings (SSSR count). The summed E-state index contributed by atoms with van der Waals surface area (Å²) in [6, 6.07) is 0. The van der Waals surface area contributed by atoms with Gasteiger partial charge >= 0.3 is 0 Å². The highest BCUT2D eigenvalue weighted by atomic mass is 15.3. The fourth-order valence-electron chi connectivity index (χ4n) is 4.36. The van der Waals surface area contributed by atoms with Gasteiger partial charge in [-0.05, 0) is 38.1 Å². The van der Waals surface area contributed by atoms with Crippen LogP contribution in [0.3, 0.4) is 0 Å². The summed E-state index contributed by atoms with van der Waals surface area (Å²) in [5.41, 5.74) is 0.458. The Hall–Kier alpha value is -0.810. The number of piperazine rings is 1. The summed E-state index contributed by atoms with van der Waals surface area (Å²) in [7, 11) is 0. The molecular weight excluding hydrogens is 310 g/mol. The predicted molar refractivity (Wildman–Crippen MR) is 108 cm³/mol. The monoisotopic (exact) mass is 351 g/mol. The molecule has 2 heterocycles. The summed E-state index contributed by atoms with van der Waals surface area (Å²) in [4.78, 5) is 12.6. The molecule has 2 aliphatic rings. The largest absolute Gasteiger partial charge is 0.357 e. The van der Waals surface area contributed by atoms with Crippen molar-refractivity contribution < 1.29 is 0 Å². The van der Waals surface area contributed by atoms with Gasteiger partial charge in [-0.15, -0.1) is 0 Å². The van der Waals surface area contributed by atoms with E-state index in [4.69, 9.17) is 4.99 Å². The Bertz CT molecular complexity index is 399. The first kappa shape index (κ1) is 20.5. The summed E-state index contributed by atoms with van der Waals surface area (Å²) in [6.45, 7) is 20.4. The first-order valence-electron chi connectivity index (χ1n) is 10.6. The maximum absolute atomic E-state index is 4.97. The zero-order valence-electron chi connectivity index (χ0n) is 17.2. The Balaban J connectivity index is 1.85. The molecule has 146 valence electrons. The number of likely N-dealkylation sites (N-methyl/N-ethyl adjacent to an activating group) is 1. The van der Waals surface area contributed by atoms with Crippen LogP contribution in [0.5, 0.6) is 0 Å². The van der Waals surface area contributed by atoms with E-state index in [-0.39, 0.29) is 0 Å². The molecule has 0 radical (unpaired) electrons. The minimum atomic E-state index is 0.458. The lowest BCUT2D eigenvalue weighted by molar-refractivity contribution is 0.138. The van der Waals surface area contributed by atoms with Crippen LogP contribution in [0.1, 0.15) is 53.4 Å². The van der Waals surface area contributed by atoms with E-state index < -0.39 is 0 Å². The van der Waals surface area contributed by atoms with E-state index in [9.17, 15) is 0 Å². The SMILES string of the molecule is CCCC1(C)CCCN(C(=NCCN2CCN(CC)CC2)NCC)C1. The van der Waals surface area contributed by atoms with Crippen LogP contribution in [0.15, 0.2) is 4.99 Å². The van der Waals surface area contributed by atoms with Crippen LogP contribution < -0.4 is 5.32 Å². The second kappa shape index (κ2) is 10.4. The molecule has 5 heteroatoms. The minimum absolute atomic E-state index is 0.458. The lowest BCUT2D eigenvalue weighted by Gasteiger charge is -2.42. The minimum Gasteiger partial charge on any atom is -0.357 e. The summed E-state index contributed by atoms with van der Waals surface area (Å²) in [5, 5.41) is 3.54. The fourth-order valence-corrected chi connectivity index (χ4v) is 4.36. The maximum Gasteiger partial charge on any atom is 0.193 e. The topological polar surface area (TPSA) is 34.1 Å². The first-order valence-corrected chi connectivity index (χ1v) is 10.6. The van der Waals surface area contributed by atoms with Gasteiger partial charge in [0.2, 0.25) is 0 Å². The highest BCUT2D eigenvalue weighted by molar-refractivity contribution is 5.80. The Kier molecular flexibility index (Phi) is 8.50. The zero-order chi connectivity index (χ0) is 18.1. The molecule has 0 amide bonds. The molecule has 0 saturated carbocycles. The van der Waals surface area contributed by atoms with E-state index in [0.717, 1.165) is 38.7 Å². The van der Waals surface area contributed by atoms with E-state index in [2.05, 4.69) is 47.7 Å². The van der Waals surface area contributed by atoms with Crippen molar-refractivity contribution in [2.75, 3.05) is 65.4 Å². The van der Waals surface area contributed by atoms with Crippen molar-refractivity contribution in [3.05, 3.63) is 0 Å². The molecule has 25 heavy (non-hydrogen) atoms. The third kappa shape index (κ3) is 6.45. The average molecular weight is 352 g/mol. The van der Waals surface area contributed by atoms with Gasteiger partial charge in [-0.1, -0.05) is 27.2 Å². The molecule has 0 aromatic carbocycles. The van der Waals surface area contributed by atoms with Crippen LogP contribution >= 0.6 is 0 Å². The van der Waals surface area contributed by atoms with Gasteiger partial charge in [0.25, 0.3) is 0 Å². The Morgan fingerprint density at radius 1 is 1.04 bits per heavy atom. The standard InChI is InChI=1S/C20H41N5/c1-5-9-20(4)10-8-12-25(18-20)19(21-6-2)22-11-13-24-16-14-23(7-3)15-17-24/h5-18H2,1-4H3,(H,21,22). The molecular formula is C20H41N5. The van der Waals surface area contributed by atoms with Gasteiger partial charge in [0.1, 0.15) is 0 Å². The lowest BCUT2D eigenvalue weighted by Crippen LogP contribution is -2.50. The van der Waals surface area contributed by atoms with Crippen LogP contribution in [0.2, 0.25) is 0 Å². The van der Waals surface area contributed by atoms with Crippen LogP contribution in [0, 0.1) is 5.41 Å². The quantitative estimate of drug-likeness (QED) is 0.564.